The summed E-state index contributed by atoms with van der Waals surface area (Å²) in [7, 11) is 3.78. The van der Waals surface area contributed by atoms with E-state index in [-0.39, 0.29) is 17.3 Å². The smallest absolute Gasteiger partial charge is 0.164 e. The zero-order valence-electron chi connectivity index (χ0n) is 8.90. The normalized spacial score (nSPS) is 10.6. The summed E-state index contributed by atoms with van der Waals surface area (Å²) in [6.45, 7) is 0.667. The van der Waals surface area contributed by atoms with E-state index in [1.807, 2.05) is 19.0 Å². The molecule has 4 nitrogen and oxygen atoms in total. The van der Waals surface area contributed by atoms with Crippen LogP contribution in [0.1, 0.15) is 16.8 Å². The van der Waals surface area contributed by atoms with Gasteiger partial charge in [-0.15, -0.1) is 0 Å². The Balaban J connectivity index is 2.70. The van der Waals surface area contributed by atoms with Crippen LogP contribution in [0.4, 0.5) is 0 Å². The topological polar surface area (TPSA) is 60.8 Å². The average molecular weight is 209 g/mol. The highest BCUT2D eigenvalue weighted by Crippen LogP contribution is 2.25. The minimum absolute atomic E-state index is 0.0426. The quantitative estimate of drug-likeness (QED) is 0.578. The van der Waals surface area contributed by atoms with E-state index in [2.05, 4.69) is 0 Å². The molecular formula is C11H15NO3. The first-order chi connectivity index (χ1) is 7.00. The van der Waals surface area contributed by atoms with Gasteiger partial charge in [0.2, 0.25) is 0 Å². The van der Waals surface area contributed by atoms with Crippen molar-refractivity contribution in [2.24, 2.45) is 0 Å². The van der Waals surface area contributed by atoms with Crippen LogP contribution in [0.5, 0.6) is 11.5 Å². The molecule has 0 aromatic heterocycles. The monoisotopic (exact) mass is 209 g/mol. The predicted molar refractivity (Wildman–Crippen MR) is 57.3 cm³/mol. The lowest BCUT2D eigenvalue weighted by Crippen LogP contribution is -2.16. The molecule has 0 aliphatic carbocycles. The van der Waals surface area contributed by atoms with E-state index in [4.69, 9.17) is 5.11 Å². The van der Waals surface area contributed by atoms with Crippen molar-refractivity contribution in [3.05, 3.63) is 23.8 Å². The van der Waals surface area contributed by atoms with Crippen LogP contribution in [0.2, 0.25) is 0 Å². The van der Waals surface area contributed by atoms with E-state index >= 15 is 0 Å². The Bertz CT molecular complexity index is 361. The average Bonchev–Trinajstić information content (AvgIpc) is 2.18. The molecule has 0 saturated carbocycles. The summed E-state index contributed by atoms with van der Waals surface area (Å²) in [5.41, 5.74) is 0.423. The number of carbonyl (C=O) groups is 1. The van der Waals surface area contributed by atoms with Gasteiger partial charge in [0, 0.05) is 18.5 Å². The van der Waals surface area contributed by atoms with Crippen molar-refractivity contribution >= 4 is 5.78 Å². The first kappa shape index (κ1) is 11.5. The van der Waals surface area contributed by atoms with Crippen LogP contribution >= 0.6 is 0 Å². The molecule has 0 fully saturated rings. The van der Waals surface area contributed by atoms with Crippen LogP contribution in [0, 0.1) is 0 Å². The first-order valence-corrected chi connectivity index (χ1v) is 4.70. The Hall–Kier alpha value is -1.55. The molecule has 0 bridgehead atoms. The third-order valence-corrected chi connectivity index (χ3v) is 2.08. The highest BCUT2D eigenvalue weighted by Gasteiger charge is 2.08. The molecule has 1 aromatic rings. The zero-order chi connectivity index (χ0) is 11.4. The van der Waals surface area contributed by atoms with Gasteiger partial charge in [0.25, 0.3) is 0 Å². The lowest BCUT2D eigenvalue weighted by molar-refractivity contribution is 0.0972. The number of phenolic OH excluding ortho intramolecular Hbond substituents is 2. The highest BCUT2D eigenvalue weighted by molar-refractivity contribution is 5.96. The van der Waals surface area contributed by atoms with Crippen LogP contribution in [0.3, 0.4) is 0 Å². The molecule has 0 saturated heterocycles. The molecule has 82 valence electrons. The number of nitrogens with zero attached hydrogens (tertiary/aromatic N) is 1. The number of Topliss-reactive ketones (excluding diaryl/α,β-unsaturated/α-hetero) is 1. The highest BCUT2D eigenvalue weighted by atomic mass is 16.3. The van der Waals surface area contributed by atoms with Crippen molar-refractivity contribution in [2.75, 3.05) is 20.6 Å². The van der Waals surface area contributed by atoms with Gasteiger partial charge in [-0.2, -0.15) is 0 Å². The van der Waals surface area contributed by atoms with Crippen LogP contribution in [0.25, 0.3) is 0 Å². The molecule has 0 aliphatic heterocycles. The fourth-order valence-corrected chi connectivity index (χ4v) is 1.17. The van der Waals surface area contributed by atoms with Crippen molar-refractivity contribution in [3.8, 4) is 11.5 Å². The Kier molecular flexibility index (Phi) is 3.68. The van der Waals surface area contributed by atoms with E-state index < -0.39 is 0 Å². The van der Waals surface area contributed by atoms with Crippen molar-refractivity contribution in [3.63, 3.8) is 0 Å². The largest absolute Gasteiger partial charge is 0.504 e. The van der Waals surface area contributed by atoms with Crippen molar-refractivity contribution in [1.29, 1.82) is 0 Å². The molecule has 0 unspecified atom stereocenters. The number of ketones is 1. The van der Waals surface area contributed by atoms with E-state index in [1.165, 1.54) is 18.2 Å². The second-order valence-corrected chi connectivity index (χ2v) is 3.68. The summed E-state index contributed by atoms with van der Waals surface area (Å²) < 4.78 is 0. The summed E-state index contributed by atoms with van der Waals surface area (Å²) >= 11 is 0. The van der Waals surface area contributed by atoms with Gasteiger partial charge in [-0.1, -0.05) is 0 Å². The Morgan fingerprint density at radius 3 is 2.47 bits per heavy atom. The molecule has 0 spiro atoms. The summed E-state index contributed by atoms with van der Waals surface area (Å²) in [5.74, 6) is -0.510. The van der Waals surface area contributed by atoms with E-state index in [0.29, 0.717) is 18.5 Å². The van der Waals surface area contributed by atoms with Gasteiger partial charge in [0.1, 0.15) is 0 Å². The van der Waals surface area contributed by atoms with Crippen molar-refractivity contribution < 1.29 is 15.0 Å². The number of hydrogen-bond donors (Lipinski definition) is 2. The van der Waals surface area contributed by atoms with Gasteiger partial charge in [-0.25, -0.2) is 0 Å². The number of hydrogen-bond acceptors (Lipinski definition) is 4. The van der Waals surface area contributed by atoms with Gasteiger partial charge in [-0.05, 0) is 32.3 Å². The minimum Gasteiger partial charge on any atom is -0.504 e. The zero-order valence-corrected chi connectivity index (χ0v) is 8.90. The maximum Gasteiger partial charge on any atom is 0.164 e. The molecule has 0 aliphatic rings. The second-order valence-electron chi connectivity index (χ2n) is 3.68. The van der Waals surface area contributed by atoms with E-state index in [9.17, 15) is 9.90 Å². The molecule has 1 aromatic carbocycles. The van der Waals surface area contributed by atoms with Gasteiger partial charge in [-0.3, -0.25) is 4.79 Å². The summed E-state index contributed by atoms with van der Waals surface area (Å²) in [6.07, 6.45) is 0.400. The maximum atomic E-state index is 11.6. The minimum atomic E-state index is -0.259. The molecular weight excluding hydrogens is 194 g/mol. The van der Waals surface area contributed by atoms with Gasteiger partial charge in [0.05, 0.1) is 0 Å². The van der Waals surface area contributed by atoms with Crippen LogP contribution < -0.4 is 0 Å². The first-order valence-electron chi connectivity index (χ1n) is 4.70. The lowest BCUT2D eigenvalue weighted by Gasteiger charge is -2.08. The number of benzene rings is 1. The Morgan fingerprint density at radius 1 is 1.27 bits per heavy atom. The van der Waals surface area contributed by atoms with E-state index in [0.717, 1.165) is 0 Å². The molecule has 15 heavy (non-hydrogen) atoms. The maximum absolute atomic E-state index is 11.6. The summed E-state index contributed by atoms with van der Waals surface area (Å²) in [6, 6.07) is 4.11. The SMILES string of the molecule is CN(C)CCC(=O)c1ccc(O)c(O)c1. The number of rotatable bonds is 4. The standard InChI is InChI=1S/C11H15NO3/c1-12(2)6-5-9(13)8-3-4-10(14)11(15)7-8/h3-4,7,14-15H,5-6H2,1-2H3. The number of carbonyl (C=O) groups excluding carboxylic acids is 1. The van der Waals surface area contributed by atoms with Crippen LogP contribution in [-0.2, 0) is 0 Å². The van der Waals surface area contributed by atoms with Gasteiger partial charge < -0.3 is 15.1 Å². The predicted octanol–water partition coefficient (Wildman–Crippen LogP) is 1.23. The third kappa shape index (κ3) is 3.25. The fourth-order valence-electron chi connectivity index (χ4n) is 1.17. The number of phenols is 2. The molecule has 4 heteroatoms. The molecule has 1 rings (SSSR count). The van der Waals surface area contributed by atoms with Crippen LogP contribution in [0.15, 0.2) is 18.2 Å². The summed E-state index contributed by atoms with van der Waals surface area (Å²) in [5, 5.41) is 18.3. The Morgan fingerprint density at radius 2 is 1.93 bits per heavy atom. The summed E-state index contributed by atoms with van der Waals surface area (Å²) in [4.78, 5) is 13.5. The Labute approximate surface area is 88.8 Å². The van der Waals surface area contributed by atoms with Crippen molar-refractivity contribution in [2.45, 2.75) is 6.42 Å². The second kappa shape index (κ2) is 4.79. The molecule has 0 atom stereocenters. The van der Waals surface area contributed by atoms with Gasteiger partial charge in [0.15, 0.2) is 17.3 Å². The van der Waals surface area contributed by atoms with E-state index in [1.54, 1.807) is 0 Å². The van der Waals surface area contributed by atoms with Gasteiger partial charge >= 0.3 is 0 Å². The molecule has 0 radical (unpaired) electrons. The molecule has 2 N–H and O–H groups in total. The third-order valence-electron chi connectivity index (χ3n) is 2.08. The van der Waals surface area contributed by atoms with Crippen molar-refractivity contribution in [1.82, 2.24) is 4.90 Å². The van der Waals surface area contributed by atoms with Crippen LogP contribution in [-0.4, -0.2) is 41.5 Å². The number of aromatic hydroxyl groups is 2. The molecule has 0 amide bonds. The molecule has 0 heterocycles. The lowest BCUT2D eigenvalue weighted by atomic mass is 10.1. The fraction of sp³-hybridized carbons (Fsp3) is 0.364.